The van der Waals surface area contributed by atoms with Crippen LogP contribution < -0.4 is 4.90 Å². The zero-order chi connectivity index (χ0) is 13.2. The summed E-state index contributed by atoms with van der Waals surface area (Å²) in [5.74, 6) is 0.936. The average molecular weight is 295 g/mol. The molecule has 19 heavy (non-hydrogen) atoms. The first-order valence-corrected chi connectivity index (χ1v) is 8.23. The SMILES string of the molecule is CCc1nsc(N2CC(C)OC(c3ccsc3)C2)n1. The lowest BCUT2D eigenvalue weighted by Crippen LogP contribution is -2.42. The van der Waals surface area contributed by atoms with Gasteiger partial charge in [0.15, 0.2) is 0 Å². The summed E-state index contributed by atoms with van der Waals surface area (Å²) in [4.78, 5) is 6.88. The van der Waals surface area contributed by atoms with E-state index in [4.69, 9.17) is 4.74 Å². The zero-order valence-electron chi connectivity index (χ0n) is 11.1. The maximum atomic E-state index is 6.04. The van der Waals surface area contributed by atoms with Gasteiger partial charge in [-0.15, -0.1) is 0 Å². The highest BCUT2D eigenvalue weighted by atomic mass is 32.1. The first-order valence-electron chi connectivity index (χ1n) is 6.51. The molecule has 2 aromatic heterocycles. The van der Waals surface area contributed by atoms with Gasteiger partial charge in [-0.05, 0) is 29.3 Å². The smallest absolute Gasteiger partial charge is 0.205 e. The molecule has 2 atom stereocenters. The van der Waals surface area contributed by atoms with Gasteiger partial charge in [-0.2, -0.15) is 15.7 Å². The van der Waals surface area contributed by atoms with Crippen molar-refractivity contribution in [3.63, 3.8) is 0 Å². The van der Waals surface area contributed by atoms with Crippen molar-refractivity contribution >= 4 is 28.0 Å². The van der Waals surface area contributed by atoms with Gasteiger partial charge in [0.2, 0.25) is 5.13 Å². The summed E-state index contributed by atoms with van der Waals surface area (Å²) < 4.78 is 10.4. The summed E-state index contributed by atoms with van der Waals surface area (Å²) in [6, 6.07) is 2.14. The summed E-state index contributed by atoms with van der Waals surface area (Å²) in [5, 5.41) is 5.29. The highest BCUT2D eigenvalue weighted by Crippen LogP contribution is 2.30. The standard InChI is InChI=1S/C13H17N3OS2/c1-3-12-14-13(19-15-12)16-6-9(2)17-11(7-16)10-4-5-18-8-10/h4-5,8-9,11H,3,6-7H2,1-2H3. The Morgan fingerprint density at radius 3 is 3.05 bits per heavy atom. The van der Waals surface area contributed by atoms with E-state index in [1.165, 1.54) is 17.1 Å². The van der Waals surface area contributed by atoms with Crippen LogP contribution >= 0.6 is 22.9 Å². The number of nitrogens with zero attached hydrogens (tertiary/aromatic N) is 3. The van der Waals surface area contributed by atoms with E-state index >= 15 is 0 Å². The number of aromatic nitrogens is 2. The molecule has 0 aromatic carbocycles. The van der Waals surface area contributed by atoms with E-state index < -0.39 is 0 Å². The average Bonchev–Trinajstić information content (AvgIpc) is 3.09. The number of thiophene rings is 1. The van der Waals surface area contributed by atoms with E-state index in [-0.39, 0.29) is 12.2 Å². The van der Waals surface area contributed by atoms with Crippen LogP contribution in [0.2, 0.25) is 0 Å². The molecule has 1 saturated heterocycles. The summed E-state index contributed by atoms with van der Waals surface area (Å²) in [7, 11) is 0. The molecule has 3 rings (SSSR count). The predicted molar refractivity (Wildman–Crippen MR) is 79.1 cm³/mol. The van der Waals surface area contributed by atoms with E-state index in [0.29, 0.717) is 0 Å². The molecule has 0 saturated carbocycles. The van der Waals surface area contributed by atoms with Gasteiger partial charge in [-0.1, -0.05) is 6.92 Å². The molecule has 102 valence electrons. The van der Waals surface area contributed by atoms with Crippen LogP contribution in [0.4, 0.5) is 5.13 Å². The lowest BCUT2D eigenvalue weighted by molar-refractivity contribution is -0.0171. The molecule has 0 N–H and O–H groups in total. The third-order valence-corrected chi connectivity index (χ3v) is 4.74. The summed E-state index contributed by atoms with van der Waals surface area (Å²) >= 11 is 3.21. The number of aryl methyl sites for hydroxylation is 1. The lowest BCUT2D eigenvalue weighted by Gasteiger charge is -2.36. The molecule has 3 heterocycles. The summed E-state index contributed by atoms with van der Waals surface area (Å²) in [5.41, 5.74) is 1.27. The van der Waals surface area contributed by atoms with E-state index in [0.717, 1.165) is 30.5 Å². The third kappa shape index (κ3) is 2.80. The van der Waals surface area contributed by atoms with E-state index in [1.54, 1.807) is 11.3 Å². The molecule has 1 aliphatic heterocycles. The Morgan fingerprint density at radius 1 is 1.47 bits per heavy atom. The summed E-state index contributed by atoms with van der Waals surface area (Å²) in [6.07, 6.45) is 1.25. The Morgan fingerprint density at radius 2 is 2.37 bits per heavy atom. The second-order valence-electron chi connectivity index (χ2n) is 4.74. The molecule has 2 unspecified atom stereocenters. The second-order valence-corrected chi connectivity index (χ2v) is 6.25. The van der Waals surface area contributed by atoms with Crippen molar-refractivity contribution in [1.29, 1.82) is 0 Å². The van der Waals surface area contributed by atoms with Gasteiger partial charge < -0.3 is 9.64 Å². The highest BCUT2D eigenvalue weighted by molar-refractivity contribution is 7.09. The molecule has 0 amide bonds. The van der Waals surface area contributed by atoms with Crippen molar-refractivity contribution in [3.05, 3.63) is 28.2 Å². The molecule has 1 fully saturated rings. The van der Waals surface area contributed by atoms with Crippen LogP contribution in [0.25, 0.3) is 0 Å². The molecule has 0 aliphatic carbocycles. The topological polar surface area (TPSA) is 38.2 Å². The Hall–Kier alpha value is -0.980. The minimum Gasteiger partial charge on any atom is -0.367 e. The largest absolute Gasteiger partial charge is 0.367 e. The monoisotopic (exact) mass is 295 g/mol. The fraction of sp³-hybridized carbons (Fsp3) is 0.538. The van der Waals surface area contributed by atoms with E-state index in [9.17, 15) is 0 Å². The molecule has 1 aliphatic rings. The van der Waals surface area contributed by atoms with Crippen LogP contribution in [0.3, 0.4) is 0 Å². The fourth-order valence-electron chi connectivity index (χ4n) is 2.27. The molecule has 0 radical (unpaired) electrons. The third-order valence-electron chi connectivity index (χ3n) is 3.22. The van der Waals surface area contributed by atoms with Crippen molar-refractivity contribution in [2.45, 2.75) is 32.5 Å². The molecule has 0 bridgehead atoms. The van der Waals surface area contributed by atoms with Gasteiger partial charge in [0.25, 0.3) is 0 Å². The molecule has 2 aromatic rings. The number of rotatable bonds is 3. The Kier molecular flexibility index (Phi) is 3.81. The maximum absolute atomic E-state index is 6.04. The Bertz CT molecular complexity index is 526. The van der Waals surface area contributed by atoms with Gasteiger partial charge >= 0.3 is 0 Å². The highest BCUT2D eigenvalue weighted by Gasteiger charge is 2.28. The quantitative estimate of drug-likeness (QED) is 0.872. The first kappa shape index (κ1) is 13.0. The summed E-state index contributed by atoms with van der Waals surface area (Å²) in [6.45, 7) is 5.95. The number of hydrogen-bond donors (Lipinski definition) is 0. The number of anilines is 1. The minimum absolute atomic E-state index is 0.143. The van der Waals surface area contributed by atoms with Crippen molar-refractivity contribution in [3.8, 4) is 0 Å². The lowest BCUT2D eigenvalue weighted by atomic mass is 10.1. The molecular formula is C13H17N3OS2. The van der Waals surface area contributed by atoms with Crippen LogP contribution in [0.5, 0.6) is 0 Å². The van der Waals surface area contributed by atoms with Gasteiger partial charge in [0.1, 0.15) is 11.9 Å². The van der Waals surface area contributed by atoms with Gasteiger partial charge in [-0.25, -0.2) is 4.98 Å². The van der Waals surface area contributed by atoms with Crippen LogP contribution in [0.15, 0.2) is 16.8 Å². The van der Waals surface area contributed by atoms with Gasteiger partial charge in [0.05, 0.1) is 12.6 Å². The number of hydrogen-bond acceptors (Lipinski definition) is 6. The van der Waals surface area contributed by atoms with Crippen LogP contribution in [0.1, 0.15) is 31.3 Å². The van der Waals surface area contributed by atoms with Crippen molar-refractivity contribution in [1.82, 2.24) is 9.36 Å². The molecule has 0 spiro atoms. The predicted octanol–water partition coefficient (Wildman–Crippen LogP) is 3.13. The minimum atomic E-state index is 0.143. The Labute approximate surface area is 121 Å². The first-order chi connectivity index (χ1) is 9.26. The molecule has 6 heteroatoms. The maximum Gasteiger partial charge on any atom is 0.205 e. The van der Waals surface area contributed by atoms with E-state index in [1.807, 2.05) is 0 Å². The molecular weight excluding hydrogens is 278 g/mol. The number of morpholine rings is 1. The molecule has 4 nitrogen and oxygen atoms in total. The van der Waals surface area contributed by atoms with Gasteiger partial charge in [-0.3, -0.25) is 0 Å². The second kappa shape index (κ2) is 5.56. The van der Waals surface area contributed by atoms with Crippen LogP contribution in [-0.4, -0.2) is 28.6 Å². The fourth-order valence-corrected chi connectivity index (χ4v) is 3.74. The van der Waals surface area contributed by atoms with Gasteiger partial charge in [0, 0.05) is 24.5 Å². The van der Waals surface area contributed by atoms with Crippen LogP contribution in [-0.2, 0) is 11.2 Å². The number of ether oxygens (including phenoxy) is 1. The van der Waals surface area contributed by atoms with Crippen molar-refractivity contribution in [2.24, 2.45) is 0 Å². The van der Waals surface area contributed by atoms with Crippen molar-refractivity contribution < 1.29 is 4.74 Å². The van der Waals surface area contributed by atoms with Crippen LogP contribution in [0, 0.1) is 0 Å². The zero-order valence-corrected chi connectivity index (χ0v) is 12.7. The van der Waals surface area contributed by atoms with E-state index in [2.05, 4.69) is 44.9 Å². The van der Waals surface area contributed by atoms with Crippen molar-refractivity contribution in [2.75, 3.05) is 18.0 Å². The normalized spacial score (nSPS) is 23.8. The Balaban J connectivity index is 1.78.